The first-order chi connectivity index (χ1) is 10.2. The molecule has 0 saturated heterocycles. The lowest BCUT2D eigenvalue weighted by molar-refractivity contribution is 0.475. The van der Waals surface area contributed by atoms with Gasteiger partial charge in [0.05, 0.1) is 5.69 Å². The number of rotatable bonds is 5. The molecule has 0 atom stereocenters. The highest BCUT2D eigenvalue weighted by molar-refractivity contribution is 7.99. The number of hydrogen-bond acceptors (Lipinski definition) is 6. The van der Waals surface area contributed by atoms with Crippen molar-refractivity contribution in [1.82, 2.24) is 30.0 Å². The lowest BCUT2D eigenvalue weighted by Gasteiger charge is -2.04. The normalized spacial score (nSPS) is 10.9. The van der Waals surface area contributed by atoms with Crippen LogP contribution in [0.4, 0.5) is 0 Å². The molecule has 0 fully saturated rings. The molecule has 0 spiro atoms. The largest absolute Gasteiger partial charge is 0.508 e. The fourth-order valence-electron chi connectivity index (χ4n) is 1.92. The Morgan fingerprint density at radius 1 is 1.19 bits per heavy atom. The summed E-state index contributed by atoms with van der Waals surface area (Å²) in [6.45, 7) is 0. The Kier molecular flexibility index (Phi) is 3.87. The van der Waals surface area contributed by atoms with Gasteiger partial charge in [0, 0.05) is 24.7 Å². The summed E-state index contributed by atoms with van der Waals surface area (Å²) in [5, 5.41) is 25.9. The molecule has 0 aliphatic rings. The second-order valence-corrected chi connectivity index (χ2v) is 5.50. The van der Waals surface area contributed by atoms with Crippen LogP contribution < -0.4 is 0 Å². The Hall–Kier alpha value is -2.35. The molecular weight excluding hydrogens is 288 g/mol. The predicted octanol–water partition coefficient (Wildman–Crippen LogP) is 1.44. The highest BCUT2D eigenvalue weighted by Gasteiger charge is 2.09. The molecule has 0 saturated carbocycles. The number of aryl methyl sites for hydroxylation is 2. The Bertz CT molecular complexity index is 720. The number of benzene rings is 1. The summed E-state index contributed by atoms with van der Waals surface area (Å²) >= 11 is 1.58. The van der Waals surface area contributed by atoms with Crippen molar-refractivity contribution < 1.29 is 5.11 Å². The maximum absolute atomic E-state index is 9.32. The topological polar surface area (TPSA) is 81.7 Å². The molecule has 108 valence electrons. The second kappa shape index (κ2) is 5.96. The van der Waals surface area contributed by atoms with Crippen molar-refractivity contribution in [2.24, 2.45) is 7.05 Å². The highest BCUT2D eigenvalue weighted by atomic mass is 32.2. The van der Waals surface area contributed by atoms with Gasteiger partial charge < -0.3 is 5.11 Å². The number of aromatic hydroxyl groups is 1. The molecule has 2 aromatic heterocycles. The summed E-state index contributed by atoms with van der Waals surface area (Å²) in [4.78, 5) is 0. The molecular formula is C13H14N6OS. The van der Waals surface area contributed by atoms with Crippen LogP contribution >= 0.6 is 11.8 Å². The van der Waals surface area contributed by atoms with Crippen LogP contribution in [0.1, 0.15) is 5.69 Å². The summed E-state index contributed by atoms with van der Waals surface area (Å²) < 4.78 is 3.52. The van der Waals surface area contributed by atoms with Crippen molar-refractivity contribution in [3.8, 4) is 11.4 Å². The monoisotopic (exact) mass is 302 g/mol. The van der Waals surface area contributed by atoms with Crippen molar-refractivity contribution in [2.75, 3.05) is 5.75 Å². The average Bonchev–Trinajstić information content (AvgIpc) is 3.10. The molecule has 2 heterocycles. The lowest BCUT2D eigenvalue weighted by atomic mass is 10.3. The summed E-state index contributed by atoms with van der Waals surface area (Å²) in [7, 11) is 1.93. The molecule has 3 rings (SSSR count). The van der Waals surface area contributed by atoms with E-state index in [0.29, 0.717) is 0 Å². The van der Waals surface area contributed by atoms with Gasteiger partial charge in [0.1, 0.15) is 5.75 Å². The van der Waals surface area contributed by atoms with Gasteiger partial charge in [-0.25, -0.2) is 0 Å². The fraction of sp³-hybridized carbons (Fsp3) is 0.231. The van der Waals surface area contributed by atoms with Crippen LogP contribution in [0.2, 0.25) is 0 Å². The minimum Gasteiger partial charge on any atom is -0.508 e. The van der Waals surface area contributed by atoms with Crippen LogP contribution in [0.5, 0.6) is 5.75 Å². The first-order valence-electron chi connectivity index (χ1n) is 6.41. The molecule has 1 N–H and O–H groups in total. The van der Waals surface area contributed by atoms with E-state index in [2.05, 4.69) is 20.6 Å². The number of aromatic nitrogens is 6. The van der Waals surface area contributed by atoms with Gasteiger partial charge in [-0.05, 0) is 47.2 Å². The molecule has 3 aromatic rings. The van der Waals surface area contributed by atoms with Gasteiger partial charge >= 0.3 is 0 Å². The number of phenolic OH excluding ortho intramolecular Hbond substituents is 1. The summed E-state index contributed by atoms with van der Waals surface area (Å²) in [6, 6.07) is 8.78. The van der Waals surface area contributed by atoms with Crippen LogP contribution in [0, 0.1) is 0 Å². The van der Waals surface area contributed by atoms with Crippen molar-refractivity contribution >= 4 is 11.8 Å². The fourth-order valence-corrected chi connectivity index (χ4v) is 2.77. The minimum absolute atomic E-state index is 0.220. The van der Waals surface area contributed by atoms with E-state index in [9.17, 15) is 5.11 Å². The van der Waals surface area contributed by atoms with Gasteiger partial charge in [0.2, 0.25) is 5.16 Å². The highest BCUT2D eigenvalue weighted by Crippen LogP contribution is 2.20. The third-order valence-corrected chi connectivity index (χ3v) is 3.97. The van der Waals surface area contributed by atoms with Crippen molar-refractivity contribution in [1.29, 1.82) is 0 Å². The predicted molar refractivity (Wildman–Crippen MR) is 78.5 cm³/mol. The van der Waals surface area contributed by atoms with Gasteiger partial charge in [-0.2, -0.15) is 9.78 Å². The Morgan fingerprint density at radius 2 is 2.00 bits per heavy atom. The van der Waals surface area contributed by atoms with E-state index < -0.39 is 0 Å². The van der Waals surface area contributed by atoms with Gasteiger partial charge in [0.25, 0.3) is 0 Å². The van der Waals surface area contributed by atoms with E-state index >= 15 is 0 Å². The number of nitrogens with zero attached hydrogens (tertiary/aromatic N) is 6. The quantitative estimate of drug-likeness (QED) is 0.718. The third kappa shape index (κ3) is 3.05. The van der Waals surface area contributed by atoms with Gasteiger partial charge in [-0.3, -0.25) is 4.68 Å². The standard InChI is InChI=1S/C13H14N6OS/c1-18-10(6-8-14-18)7-9-21-13-15-16-17-19(13)11-2-4-12(20)5-3-11/h2-6,8,20H,7,9H2,1H3. The number of phenols is 1. The molecule has 1 aromatic carbocycles. The molecule has 8 heteroatoms. The maximum atomic E-state index is 9.32. The first-order valence-corrected chi connectivity index (χ1v) is 7.40. The second-order valence-electron chi connectivity index (χ2n) is 4.43. The first kappa shape index (κ1) is 13.6. The van der Waals surface area contributed by atoms with E-state index in [-0.39, 0.29) is 5.75 Å². The molecule has 0 bridgehead atoms. The smallest absolute Gasteiger partial charge is 0.214 e. The maximum Gasteiger partial charge on any atom is 0.214 e. The van der Waals surface area contributed by atoms with Crippen LogP contribution in [0.3, 0.4) is 0 Å². The Balaban J connectivity index is 1.68. The van der Waals surface area contributed by atoms with Crippen LogP contribution in [0.15, 0.2) is 41.7 Å². The number of hydrogen-bond donors (Lipinski definition) is 1. The zero-order valence-corrected chi connectivity index (χ0v) is 12.2. The molecule has 21 heavy (non-hydrogen) atoms. The zero-order valence-electron chi connectivity index (χ0n) is 11.4. The third-order valence-electron chi connectivity index (χ3n) is 3.05. The van der Waals surface area contributed by atoms with Gasteiger partial charge in [-0.15, -0.1) is 5.10 Å². The molecule has 0 amide bonds. The molecule has 7 nitrogen and oxygen atoms in total. The molecule has 0 radical (unpaired) electrons. The molecule has 0 unspecified atom stereocenters. The van der Waals surface area contributed by atoms with Crippen molar-refractivity contribution in [2.45, 2.75) is 11.6 Å². The number of thioether (sulfide) groups is 1. The zero-order chi connectivity index (χ0) is 14.7. The summed E-state index contributed by atoms with van der Waals surface area (Å²) in [5.41, 5.74) is 1.99. The van der Waals surface area contributed by atoms with Gasteiger partial charge in [0.15, 0.2) is 0 Å². The SMILES string of the molecule is Cn1nccc1CCSc1nnnn1-c1ccc(O)cc1. The van der Waals surface area contributed by atoms with E-state index in [1.165, 1.54) is 5.69 Å². The van der Waals surface area contributed by atoms with E-state index in [1.807, 2.05) is 17.8 Å². The van der Waals surface area contributed by atoms with Gasteiger partial charge in [-0.1, -0.05) is 11.8 Å². The molecule has 0 aliphatic carbocycles. The lowest BCUT2D eigenvalue weighted by Crippen LogP contribution is -2.02. The Labute approximate surface area is 125 Å². The van der Waals surface area contributed by atoms with Crippen molar-refractivity contribution in [3.05, 3.63) is 42.2 Å². The number of tetrazole rings is 1. The minimum atomic E-state index is 0.220. The van der Waals surface area contributed by atoms with E-state index in [4.69, 9.17) is 0 Å². The van der Waals surface area contributed by atoms with Crippen LogP contribution in [-0.2, 0) is 13.5 Å². The van der Waals surface area contributed by atoms with Crippen LogP contribution in [-0.4, -0.2) is 40.8 Å². The van der Waals surface area contributed by atoms with Crippen LogP contribution in [0.25, 0.3) is 5.69 Å². The Morgan fingerprint density at radius 3 is 2.71 bits per heavy atom. The van der Waals surface area contributed by atoms with E-state index in [0.717, 1.165) is 23.0 Å². The average molecular weight is 302 g/mol. The van der Waals surface area contributed by atoms with E-state index in [1.54, 1.807) is 46.9 Å². The summed E-state index contributed by atoms with van der Waals surface area (Å²) in [6.07, 6.45) is 2.68. The summed E-state index contributed by atoms with van der Waals surface area (Å²) in [5.74, 6) is 1.08. The molecule has 0 aliphatic heterocycles. The van der Waals surface area contributed by atoms with Crippen molar-refractivity contribution in [3.63, 3.8) is 0 Å².